The molecule has 0 bridgehead atoms. The van der Waals surface area contributed by atoms with Crippen LogP contribution in [0, 0.1) is 0 Å². The first kappa shape index (κ1) is 12.1. The van der Waals surface area contributed by atoms with E-state index in [0.717, 1.165) is 18.7 Å². The molecule has 0 radical (unpaired) electrons. The number of pyridine rings is 1. The highest BCUT2D eigenvalue weighted by atomic mass is 35.5. The highest BCUT2D eigenvalue weighted by Crippen LogP contribution is 2.06. The molecule has 5 nitrogen and oxygen atoms in total. The predicted octanol–water partition coefficient (Wildman–Crippen LogP) is 0.882. The largest absolute Gasteiger partial charge is 0.378 e. The third-order valence-electron chi connectivity index (χ3n) is 2.55. The fraction of sp³-hybridized carbons (Fsp3) is 0.455. The summed E-state index contributed by atoms with van der Waals surface area (Å²) in [6.45, 7) is 3.53. The van der Waals surface area contributed by atoms with E-state index in [1.807, 2.05) is 11.0 Å². The van der Waals surface area contributed by atoms with Crippen LogP contribution in [0.4, 0.5) is 0 Å². The molecule has 1 aromatic rings. The molecule has 2 N–H and O–H groups in total. The molecule has 1 aliphatic rings. The van der Waals surface area contributed by atoms with Gasteiger partial charge in [0, 0.05) is 19.3 Å². The van der Waals surface area contributed by atoms with Gasteiger partial charge < -0.3 is 15.4 Å². The van der Waals surface area contributed by atoms with Gasteiger partial charge in [-0.2, -0.15) is 0 Å². The molecule has 1 saturated heterocycles. The third-order valence-corrected chi connectivity index (χ3v) is 2.77. The molecular weight excluding hydrogens is 240 g/mol. The van der Waals surface area contributed by atoms with Gasteiger partial charge in [-0.3, -0.25) is 0 Å². The van der Waals surface area contributed by atoms with Crippen molar-refractivity contribution in [3.8, 4) is 0 Å². The standard InChI is InChI=1S/C11H15ClN4O/c12-10-2-1-9(7-14-10)8-15-11(13)16-3-5-17-6-4-16/h1-2,7H,3-6,8H2,(H2,13,15). The summed E-state index contributed by atoms with van der Waals surface area (Å²) >= 11 is 5.70. The Kier molecular flexibility index (Phi) is 4.17. The van der Waals surface area contributed by atoms with Crippen molar-refractivity contribution in [2.75, 3.05) is 26.3 Å². The molecule has 0 aliphatic carbocycles. The maximum atomic E-state index is 5.90. The Labute approximate surface area is 105 Å². The van der Waals surface area contributed by atoms with Crippen LogP contribution in [0.5, 0.6) is 0 Å². The Bertz CT molecular complexity index is 387. The number of aliphatic imine (C=N–C) groups is 1. The van der Waals surface area contributed by atoms with Crippen LogP contribution in [0.3, 0.4) is 0 Å². The van der Waals surface area contributed by atoms with E-state index >= 15 is 0 Å². The maximum absolute atomic E-state index is 5.90. The predicted molar refractivity (Wildman–Crippen MR) is 67.0 cm³/mol. The van der Waals surface area contributed by atoms with Gasteiger partial charge in [-0.15, -0.1) is 0 Å². The number of nitrogens with two attached hydrogens (primary N) is 1. The summed E-state index contributed by atoms with van der Waals surface area (Å²) in [7, 11) is 0. The molecule has 2 rings (SSSR count). The van der Waals surface area contributed by atoms with Gasteiger partial charge in [0.15, 0.2) is 5.96 Å². The molecule has 0 saturated carbocycles. The van der Waals surface area contributed by atoms with E-state index in [4.69, 9.17) is 22.1 Å². The first-order valence-corrected chi connectivity index (χ1v) is 5.86. The Morgan fingerprint density at radius 1 is 1.47 bits per heavy atom. The molecule has 0 atom stereocenters. The van der Waals surface area contributed by atoms with Crippen molar-refractivity contribution in [1.29, 1.82) is 0 Å². The second-order valence-electron chi connectivity index (χ2n) is 3.76. The zero-order valence-electron chi connectivity index (χ0n) is 9.47. The SMILES string of the molecule is NC(=NCc1ccc(Cl)nc1)N1CCOCC1. The Balaban J connectivity index is 1.92. The van der Waals surface area contributed by atoms with Crippen LogP contribution >= 0.6 is 11.6 Å². The lowest BCUT2D eigenvalue weighted by molar-refractivity contribution is 0.0674. The number of halogens is 1. The normalized spacial score (nSPS) is 17.2. The number of hydrogen-bond acceptors (Lipinski definition) is 3. The molecule has 17 heavy (non-hydrogen) atoms. The number of morpholine rings is 1. The van der Waals surface area contributed by atoms with Crippen LogP contribution < -0.4 is 5.73 Å². The highest BCUT2D eigenvalue weighted by molar-refractivity contribution is 6.29. The van der Waals surface area contributed by atoms with Gasteiger partial charge in [0.05, 0.1) is 19.8 Å². The van der Waals surface area contributed by atoms with Crippen molar-refractivity contribution in [2.24, 2.45) is 10.7 Å². The number of hydrogen-bond donors (Lipinski definition) is 1. The summed E-state index contributed by atoms with van der Waals surface area (Å²) < 4.78 is 5.25. The molecule has 0 spiro atoms. The first-order chi connectivity index (χ1) is 8.25. The fourth-order valence-electron chi connectivity index (χ4n) is 1.56. The summed E-state index contributed by atoms with van der Waals surface area (Å²) in [5.41, 5.74) is 6.89. The minimum atomic E-state index is 0.485. The lowest BCUT2D eigenvalue weighted by Crippen LogP contribution is -2.44. The van der Waals surface area contributed by atoms with E-state index in [1.165, 1.54) is 0 Å². The average Bonchev–Trinajstić information content (AvgIpc) is 2.39. The van der Waals surface area contributed by atoms with Gasteiger partial charge in [0.25, 0.3) is 0 Å². The summed E-state index contributed by atoms with van der Waals surface area (Å²) in [5.74, 6) is 0.559. The van der Waals surface area contributed by atoms with Crippen molar-refractivity contribution in [2.45, 2.75) is 6.54 Å². The minimum absolute atomic E-state index is 0.485. The number of aromatic nitrogens is 1. The zero-order chi connectivity index (χ0) is 12.1. The van der Waals surface area contributed by atoms with Crippen molar-refractivity contribution in [3.05, 3.63) is 29.0 Å². The lowest BCUT2D eigenvalue weighted by atomic mass is 10.3. The number of guanidine groups is 1. The summed E-state index contributed by atoms with van der Waals surface area (Å²) in [4.78, 5) is 10.3. The van der Waals surface area contributed by atoms with E-state index in [9.17, 15) is 0 Å². The van der Waals surface area contributed by atoms with Crippen LogP contribution in [0.1, 0.15) is 5.56 Å². The van der Waals surface area contributed by atoms with Crippen molar-refractivity contribution < 1.29 is 4.74 Å². The molecule has 0 aromatic carbocycles. The van der Waals surface area contributed by atoms with Crippen LogP contribution in [0.2, 0.25) is 5.15 Å². The van der Waals surface area contributed by atoms with Gasteiger partial charge in [0.2, 0.25) is 0 Å². The molecule has 0 amide bonds. The van der Waals surface area contributed by atoms with Crippen molar-refractivity contribution in [1.82, 2.24) is 9.88 Å². The molecule has 1 fully saturated rings. The van der Waals surface area contributed by atoms with Crippen molar-refractivity contribution in [3.63, 3.8) is 0 Å². The molecule has 1 aromatic heterocycles. The van der Waals surface area contributed by atoms with Gasteiger partial charge in [-0.05, 0) is 11.6 Å². The topological polar surface area (TPSA) is 63.7 Å². The summed E-state index contributed by atoms with van der Waals surface area (Å²) in [6.07, 6.45) is 1.71. The highest BCUT2D eigenvalue weighted by Gasteiger charge is 2.11. The Hall–Kier alpha value is -1.33. The molecule has 92 valence electrons. The number of ether oxygens (including phenoxy) is 1. The van der Waals surface area contributed by atoms with E-state index in [2.05, 4.69) is 9.98 Å². The summed E-state index contributed by atoms with van der Waals surface area (Å²) in [6, 6.07) is 3.64. The van der Waals surface area contributed by atoms with Gasteiger partial charge in [-0.1, -0.05) is 17.7 Å². The molecule has 0 unspecified atom stereocenters. The molecule has 6 heteroatoms. The fourth-order valence-corrected chi connectivity index (χ4v) is 1.68. The smallest absolute Gasteiger partial charge is 0.191 e. The van der Waals surface area contributed by atoms with E-state index in [1.54, 1.807) is 12.3 Å². The average molecular weight is 255 g/mol. The van der Waals surface area contributed by atoms with Crippen LogP contribution in [-0.2, 0) is 11.3 Å². The van der Waals surface area contributed by atoms with E-state index in [0.29, 0.717) is 30.9 Å². The number of rotatable bonds is 2. The first-order valence-electron chi connectivity index (χ1n) is 5.49. The van der Waals surface area contributed by atoms with Crippen LogP contribution in [0.25, 0.3) is 0 Å². The number of nitrogens with zero attached hydrogens (tertiary/aromatic N) is 3. The molecule has 2 heterocycles. The monoisotopic (exact) mass is 254 g/mol. The molecular formula is C11H15ClN4O. The van der Waals surface area contributed by atoms with Gasteiger partial charge in [-0.25, -0.2) is 9.98 Å². The second kappa shape index (κ2) is 5.84. The van der Waals surface area contributed by atoms with Gasteiger partial charge >= 0.3 is 0 Å². The maximum Gasteiger partial charge on any atom is 0.191 e. The Morgan fingerprint density at radius 2 is 2.24 bits per heavy atom. The Morgan fingerprint density at radius 3 is 2.88 bits per heavy atom. The third kappa shape index (κ3) is 3.57. The lowest BCUT2D eigenvalue weighted by Gasteiger charge is -2.27. The zero-order valence-corrected chi connectivity index (χ0v) is 10.2. The summed E-state index contributed by atoms with van der Waals surface area (Å²) in [5, 5.41) is 0.485. The van der Waals surface area contributed by atoms with Crippen LogP contribution in [0.15, 0.2) is 23.3 Å². The van der Waals surface area contributed by atoms with E-state index < -0.39 is 0 Å². The van der Waals surface area contributed by atoms with Crippen molar-refractivity contribution >= 4 is 17.6 Å². The minimum Gasteiger partial charge on any atom is -0.378 e. The second-order valence-corrected chi connectivity index (χ2v) is 4.15. The molecule has 1 aliphatic heterocycles. The quantitative estimate of drug-likeness (QED) is 0.484. The van der Waals surface area contributed by atoms with Gasteiger partial charge in [0.1, 0.15) is 5.15 Å². The van der Waals surface area contributed by atoms with E-state index in [-0.39, 0.29) is 0 Å². The van der Waals surface area contributed by atoms with Crippen LogP contribution in [-0.4, -0.2) is 42.1 Å².